The maximum absolute atomic E-state index is 13.6. The van der Waals surface area contributed by atoms with Crippen LogP contribution < -0.4 is 5.73 Å². The number of phenolic OH excluding ortho intramolecular Hbond substituents is 1. The maximum atomic E-state index is 13.6. The molecule has 6 nitrogen and oxygen atoms in total. The van der Waals surface area contributed by atoms with Gasteiger partial charge in [0, 0.05) is 6.54 Å². The first-order valence-corrected chi connectivity index (χ1v) is 10.3. The second-order valence-electron chi connectivity index (χ2n) is 7.81. The monoisotopic (exact) mass is 426 g/mol. The molecule has 2 atom stereocenters. The minimum atomic E-state index is -1.07. The van der Waals surface area contributed by atoms with Gasteiger partial charge in [-0.25, -0.2) is 13.8 Å². The molecule has 3 aromatic rings. The number of likely N-dealkylation sites (tertiary alicyclic amines) is 1. The van der Waals surface area contributed by atoms with Crippen LogP contribution in [0.5, 0.6) is 5.75 Å². The standard InChI is InChI=1S/C23H24F2N4O2/c24-16-10-14(11-17(25)21(16)30)12-18(26)23(31)29-9-5-4-8-20(29)22-27-13-19(28-22)15-6-2-1-3-7-15/h1-3,6-7,10-11,13,18,20,30H,4-5,8-9,12,26H2,(H,27,28)/t18-,20-/m0/s1. The number of imidazole rings is 1. The molecule has 0 spiro atoms. The zero-order chi connectivity index (χ0) is 22.0. The minimum absolute atomic E-state index is 0.0381. The second-order valence-corrected chi connectivity index (χ2v) is 7.81. The summed E-state index contributed by atoms with van der Waals surface area (Å²) < 4.78 is 27.3. The number of carbonyl (C=O) groups excluding carboxylic acids is 1. The van der Waals surface area contributed by atoms with Crippen molar-refractivity contribution in [3.05, 3.63) is 71.7 Å². The summed E-state index contributed by atoms with van der Waals surface area (Å²) in [6.07, 6.45) is 4.28. The predicted octanol–water partition coefficient (Wildman–Crippen LogP) is 3.68. The molecule has 0 bridgehead atoms. The van der Waals surface area contributed by atoms with E-state index < -0.39 is 23.4 Å². The van der Waals surface area contributed by atoms with Crippen LogP contribution in [0.3, 0.4) is 0 Å². The summed E-state index contributed by atoms with van der Waals surface area (Å²) in [4.78, 5) is 22.7. The van der Waals surface area contributed by atoms with Crippen LogP contribution in [0.2, 0.25) is 0 Å². The quantitative estimate of drug-likeness (QED) is 0.580. The molecular formula is C23H24F2N4O2. The molecule has 0 unspecified atom stereocenters. The number of hydrogen-bond donors (Lipinski definition) is 3. The van der Waals surface area contributed by atoms with Crippen LogP contribution in [0.15, 0.2) is 48.7 Å². The number of piperidine rings is 1. The van der Waals surface area contributed by atoms with Gasteiger partial charge in [-0.05, 0) is 48.9 Å². The molecule has 4 rings (SSSR count). The van der Waals surface area contributed by atoms with Crippen LogP contribution >= 0.6 is 0 Å². The fraction of sp³-hybridized carbons (Fsp3) is 0.304. The Labute approximate surface area is 178 Å². The van der Waals surface area contributed by atoms with Gasteiger partial charge in [0.2, 0.25) is 5.91 Å². The van der Waals surface area contributed by atoms with Crippen molar-refractivity contribution >= 4 is 5.91 Å². The van der Waals surface area contributed by atoms with Crippen molar-refractivity contribution in [2.75, 3.05) is 6.54 Å². The van der Waals surface area contributed by atoms with Crippen molar-refractivity contribution in [2.45, 2.75) is 37.8 Å². The topological polar surface area (TPSA) is 95.2 Å². The Balaban J connectivity index is 1.52. The Bertz CT molecular complexity index is 1050. The number of phenols is 1. The van der Waals surface area contributed by atoms with Gasteiger partial charge in [-0.1, -0.05) is 30.3 Å². The number of benzene rings is 2. The molecule has 0 radical (unpaired) electrons. The first kappa shape index (κ1) is 21.0. The minimum Gasteiger partial charge on any atom is -0.503 e. The van der Waals surface area contributed by atoms with Crippen molar-refractivity contribution in [3.8, 4) is 17.0 Å². The van der Waals surface area contributed by atoms with E-state index in [9.17, 15) is 18.7 Å². The van der Waals surface area contributed by atoms with E-state index in [0.717, 1.165) is 42.7 Å². The molecule has 0 aliphatic carbocycles. The van der Waals surface area contributed by atoms with E-state index in [4.69, 9.17) is 5.73 Å². The largest absolute Gasteiger partial charge is 0.503 e. The number of nitrogens with two attached hydrogens (primary N) is 1. The number of rotatable bonds is 5. The van der Waals surface area contributed by atoms with Gasteiger partial charge in [0.1, 0.15) is 5.82 Å². The van der Waals surface area contributed by atoms with E-state index in [2.05, 4.69) is 9.97 Å². The fourth-order valence-corrected chi connectivity index (χ4v) is 4.04. The van der Waals surface area contributed by atoms with Crippen molar-refractivity contribution < 1.29 is 18.7 Å². The van der Waals surface area contributed by atoms with Crippen LogP contribution in [-0.2, 0) is 11.2 Å². The van der Waals surface area contributed by atoms with Gasteiger partial charge < -0.3 is 20.7 Å². The Morgan fingerprint density at radius 2 is 1.94 bits per heavy atom. The van der Waals surface area contributed by atoms with E-state index in [1.807, 2.05) is 30.3 Å². The van der Waals surface area contributed by atoms with Gasteiger partial charge in [0.15, 0.2) is 17.4 Å². The van der Waals surface area contributed by atoms with E-state index in [0.29, 0.717) is 12.4 Å². The molecule has 1 amide bonds. The number of aromatic nitrogens is 2. The van der Waals surface area contributed by atoms with Gasteiger partial charge in [0.25, 0.3) is 0 Å². The van der Waals surface area contributed by atoms with Crippen LogP contribution in [0, 0.1) is 11.6 Å². The van der Waals surface area contributed by atoms with Gasteiger partial charge >= 0.3 is 0 Å². The first-order valence-electron chi connectivity index (χ1n) is 10.3. The Kier molecular flexibility index (Phi) is 5.99. The highest BCUT2D eigenvalue weighted by molar-refractivity contribution is 5.82. The summed E-state index contributed by atoms with van der Waals surface area (Å²) in [5.74, 6) is -2.78. The Morgan fingerprint density at radius 1 is 1.23 bits per heavy atom. The van der Waals surface area contributed by atoms with Gasteiger partial charge in [0.05, 0.1) is 24.0 Å². The van der Waals surface area contributed by atoms with Crippen LogP contribution in [0.4, 0.5) is 8.78 Å². The molecule has 162 valence electrons. The average molecular weight is 426 g/mol. The smallest absolute Gasteiger partial charge is 0.240 e. The van der Waals surface area contributed by atoms with Crippen LogP contribution in [-0.4, -0.2) is 38.5 Å². The summed E-state index contributed by atoms with van der Waals surface area (Å²) >= 11 is 0. The van der Waals surface area contributed by atoms with Gasteiger partial charge in [-0.3, -0.25) is 4.79 Å². The zero-order valence-corrected chi connectivity index (χ0v) is 16.9. The lowest BCUT2D eigenvalue weighted by Gasteiger charge is -2.36. The summed E-state index contributed by atoms with van der Waals surface area (Å²) in [5.41, 5.74) is 8.21. The average Bonchev–Trinajstić information content (AvgIpc) is 3.27. The Hall–Kier alpha value is -3.26. The lowest BCUT2D eigenvalue weighted by molar-refractivity contribution is -0.136. The number of H-pyrrole nitrogens is 1. The summed E-state index contributed by atoms with van der Waals surface area (Å²) in [7, 11) is 0. The molecule has 2 heterocycles. The molecule has 2 aromatic carbocycles. The number of halogens is 2. The molecule has 0 saturated carbocycles. The number of hydrogen-bond acceptors (Lipinski definition) is 4. The Morgan fingerprint density at radius 3 is 2.65 bits per heavy atom. The maximum Gasteiger partial charge on any atom is 0.240 e. The molecule has 1 aliphatic rings. The number of aromatic amines is 1. The summed E-state index contributed by atoms with van der Waals surface area (Å²) in [6, 6.07) is 10.6. The fourth-order valence-electron chi connectivity index (χ4n) is 4.04. The molecule has 1 saturated heterocycles. The highest BCUT2D eigenvalue weighted by Crippen LogP contribution is 2.31. The first-order chi connectivity index (χ1) is 14.9. The van der Waals surface area contributed by atoms with Crippen molar-refractivity contribution in [3.63, 3.8) is 0 Å². The highest BCUT2D eigenvalue weighted by atomic mass is 19.1. The van der Waals surface area contributed by atoms with Crippen molar-refractivity contribution in [1.82, 2.24) is 14.9 Å². The SMILES string of the molecule is N[C@@H](Cc1cc(F)c(O)c(F)c1)C(=O)N1CCCC[C@H]1c1ncc(-c2ccccc2)[nH]1. The molecule has 1 aliphatic heterocycles. The number of carbonyl (C=O) groups is 1. The second kappa shape index (κ2) is 8.85. The third-order valence-electron chi connectivity index (χ3n) is 5.63. The molecule has 1 aromatic heterocycles. The van der Waals surface area contributed by atoms with Gasteiger partial charge in [-0.2, -0.15) is 0 Å². The molecule has 1 fully saturated rings. The highest BCUT2D eigenvalue weighted by Gasteiger charge is 2.33. The molecule has 8 heteroatoms. The number of nitrogens with one attached hydrogen (secondary N) is 1. The lowest BCUT2D eigenvalue weighted by Crippen LogP contribution is -2.48. The normalized spacial score (nSPS) is 17.5. The van der Waals surface area contributed by atoms with Crippen LogP contribution in [0.1, 0.15) is 36.7 Å². The molecular weight excluding hydrogens is 402 g/mol. The van der Waals surface area contributed by atoms with Crippen molar-refractivity contribution in [2.24, 2.45) is 5.73 Å². The summed E-state index contributed by atoms with van der Waals surface area (Å²) in [5, 5.41) is 9.26. The van der Waals surface area contributed by atoms with Gasteiger partial charge in [-0.15, -0.1) is 0 Å². The lowest BCUT2D eigenvalue weighted by atomic mass is 9.98. The van der Waals surface area contributed by atoms with E-state index in [1.165, 1.54) is 0 Å². The van der Waals surface area contributed by atoms with Crippen molar-refractivity contribution in [1.29, 1.82) is 0 Å². The number of nitrogens with zero attached hydrogens (tertiary/aromatic N) is 2. The predicted molar refractivity (Wildman–Crippen MR) is 112 cm³/mol. The van der Waals surface area contributed by atoms with E-state index in [-0.39, 0.29) is 23.9 Å². The molecule has 31 heavy (non-hydrogen) atoms. The third kappa shape index (κ3) is 4.44. The van der Waals surface area contributed by atoms with E-state index >= 15 is 0 Å². The van der Waals surface area contributed by atoms with E-state index in [1.54, 1.807) is 11.1 Å². The van der Waals surface area contributed by atoms with Crippen LogP contribution in [0.25, 0.3) is 11.3 Å². The number of aromatic hydroxyl groups is 1. The zero-order valence-electron chi connectivity index (χ0n) is 16.9. The number of amides is 1. The summed E-state index contributed by atoms with van der Waals surface area (Å²) in [6.45, 7) is 0.539. The third-order valence-corrected chi connectivity index (χ3v) is 5.63. The molecule has 4 N–H and O–H groups in total.